The molecule has 3 rings (SSSR count). The van der Waals surface area contributed by atoms with Crippen molar-refractivity contribution in [3.05, 3.63) is 77.4 Å². The largest absolute Gasteiger partial charge is 0.501 e. The van der Waals surface area contributed by atoms with Gasteiger partial charge in [0.2, 0.25) is 11.6 Å². The van der Waals surface area contributed by atoms with Gasteiger partial charge in [0.25, 0.3) is 11.7 Å². The van der Waals surface area contributed by atoms with Crippen LogP contribution in [-0.4, -0.2) is 23.9 Å². The van der Waals surface area contributed by atoms with Crippen LogP contribution < -0.4 is 10.1 Å². The van der Waals surface area contributed by atoms with Crippen molar-refractivity contribution in [2.45, 2.75) is 12.5 Å². The van der Waals surface area contributed by atoms with E-state index in [-0.39, 0.29) is 5.88 Å². The third-order valence-electron chi connectivity index (χ3n) is 4.07. The van der Waals surface area contributed by atoms with Gasteiger partial charge in [-0.3, -0.25) is 14.9 Å². The van der Waals surface area contributed by atoms with Crippen LogP contribution in [0.1, 0.15) is 22.8 Å². The molecule has 128 valence electrons. The number of aliphatic hydroxyl groups excluding tert-OH is 1. The second kappa shape index (κ2) is 6.32. The zero-order chi connectivity index (χ0) is 18.0. The number of carbonyl (C=O) groups is 2. The van der Waals surface area contributed by atoms with Gasteiger partial charge in [-0.1, -0.05) is 30.3 Å². The first-order chi connectivity index (χ1) is 12.0. The predicted octanol–water partition coefficient (Wildman–Crippen LogP) is 2.67. The second-order valence-corrected chi connectivity index (χ2v) is 5.69. The Labute approximate surface area is 144 Å². The number of hydrogen-bond acceptors (Lipinski definition) is 5. The number of methoxy groups -OCH3 is 1. The minimum Gasteiger partial charge on any atom is -0.501 e. The number of nitrogens with one attached hydrogen (secondary N) is 1. The number of carbonyl (C=O) groups excluding carboxylic acids is 2. The molecule has 2 aromatic rings. The van der Waals surface area contributed by atoms with Gasteiger partial charge in [0.05, 0.1) is 7.11 Å². The first kappa shape index (κ1) is 16.6. The molecule has 0 bridgehead atoms. The molecule has 0 spiro atoms. The van der Waals surface area contributed by atoms with E-state index in [1.807, 2.05) is 0 Å². The molecule has 0 radical (unpaired) electrons. The van der Waals surface area contributed by atoms with E-state index >= 15 is 0 Å². The Hall–Kier alpha value is -3.28. The lowest BCUT2D eigenvalue weighted by atomic mass is 9.91. The number of aliphatic hydroxyl groups is 1. The van der Waals surface area contributed by atoms with Crippen LogP contribution in [-0.2, 0) is 15.1 Å². The Bertz CT molecular complexity index is 842. The summed E-state index contributed by atoms with van der Waals surface area (Å²) < 4.78 is 10.7. The maximum Gasteiger partial charge on any atom is 0.258 e. The topological polar surface area (TPSA) is 84.9 Å². The lowest BCUT2D eigenvalue weighted by Gasteiger charge is -2.23. The van der Waals surface area contributed by atoms with Gasteiger partial charge in [0.15, 0.2) is 5.60 Å². The standard InChI is InChI=1S/C19H17NO5/c1-19(13-8-10-14(24-2)11-9-13)16(22)15(21)18(25-19)20-17(23)12-6-4-3-5-7-12/h3-11,21H,1-2H3,(H,20,23). The molecule has 2 aromatic carbocycles. The minimum absolute atomic E-state index is 0.253. The summed E-state index contributed by atoms with van der Waals surface area (Å²) in [5.74, 6) is -1.33. The number of ether oxygens (including phenoxy) is 2. The van der Waals surface area contributed by atoms with Gasteiger partial charge in [-0.05, 0) is 31.2 Å². The summed E-state index contributed by atoms with van der Waals surface area (Å²) in [4.78, 5) is 24.7. The van der Waals surface area contributed by atoms with Gasteiger partial charge in [0.1, 0.15) is 5.75 Å². The number of benzene rings is 2. The Kier molecular flexibility index (Phi) is 4.19. The number of rotatable bonds is 4. The first-order valence-electron chi connectivity index (χ1n) is 7.63. The van der Waals surface area contributed by atoms with Crippen LogP contribution in [0, 0.1) is 0 Å². The van der Waals surface area contributed by atoms with Gasteiger partial charge in [-0.25, -0.2) is 0 Å². The third kappa shape index (κ3) is 2.94. The molecule has 1 amide bonds. The number of ketones is 1. The van der Waals surface area contributed by atoms with E-state index in [1.54, 1.807) is 61.7 Å². The molecule has 6 nitrogen and oxygen atoms in total. The van der Waals surface area contributed by atoms with E-state index in [0.29, 0.717) is 16.9 Å². The van der Waals surface area contributed by atoms with Crippen molar-refractivity contribution in [2.75, 3.05) is 7.11 Å². The molecule has 1 heterocycles. The van der Waals surface area contributed by atoms with Crippen molar-refractivity contribution >= 4 is 11.7 Å². The van der Waals surface area contributed by atoms with Crippen LogP contribution in [0.15, 0.2) is 66.2 Å². The summed E-state index contributed by atoms with van der Waals surface area (Å²) in [6, 6.07) is 15.2. The normalized spacial score (nSPS) is 19.5. The molecule has 6 heteroatoms. The van der Waals surface area contributed by atoms with Gasteiger partial charge < -0.3 is 14.6 Å². The van der Waals surface area contributed by atoms with Crippen LogP contribution >= 0.6 is 0 Å². The summed E-state index contributed by atoms with van der Waals surface area (Å²) in [7, 11) is 1.54. The van der Waals surface area contributed by atoms with Crippen molar-refractivity contribution in [3.63, 3.8) is 0 Å². The molecule has 0 saturated heterocycles. The summed E-state index contributed by atoms with van der Waals surface area (Å²) in [5.41, 5.74) is -0.499. The Balaban J connectivity index is 1.83. The fraction of sp³-hybridized carbons (Fsp3) is 0.158. The summed E-state index contributed by atoms with van der Waals surface area (Å²) >= 11 is 0. The number of Topliss-reactive ketones (excluding diaryl/α,β-unsaturated/α-hetero) is 1. The second-order valence-electron chi connectivity index (χ2n) is 5.69. The smallest absolute Gasteiger partial charge is 0.258 e. The van der Waals surface area contributed by atoms with E-state index in [0.717, 1.165) is 0 Å². The highest BCUT2D eigenvalue weighted by Crippen LogP contribution is 2.37. The number of hydrogen-bond donors (Lipinski definition) is 2. The molecule has 2 N–H and O–H groups in total. The Morgan fingerprint density at radius 2 is 1.76 bits per heavy atom. The lowest BCUT2D eigenvalue weighted by molar-refractivity contribution is -0.131. The van der Waals surface area contributed by atoms with Gasteiger partial charge in [-0.15, -0.1) is 0 Å². The highest BCUT2D eigenvalue weighted by atomic mass is 16.5. The molecule has 0 aromatic heterocycles. The van der Waals surface area contributed by atoms with Crippen molar-refractivity contribution in [1.29, 1.82) is 0 Å². The van der Waals surface area contributed by atoms with E-state index in [9.17, 15) is 14.7 Å². The minimum atomic E-state index is -1.42. The average Bonchev–Trinajstić information content (AvgIpc) is 2.87. The molecule has 0 saturated carbocycles. The summed E-state index contributed by atoms with van der Waals surface area (Å²) in [6.07, 6.45) is 0. The van der Waals surface area contributed by atoms with E-state index in [4.69, 9.17) is 9.47 Å². The molecular weight excluding hydrogens is 322 g/mol. The maximum atomic E-state index is 12.5. The zero-order valence-electron chi connectivity index (χ0n) is 13.8. The van der Waals surface area contributed by atoms with Crippen LogP contribution in [0.4, 0.5) is 0 Å². The lowest BCUT2D eigenvalue weighted by Crippen LogP contribution is -2.32. The molecule has 1 aliphatic heterocycles. The molecule has 1 atom stereocenters. The van der Waals surface area contributed by atoms with Crippen molar-refractivity contribution in [3.8, 4) is 5.75 Å². The van der Waals surface area contributed by atoms with E-state index < -0.39 is 23.1 Å². The Morgan fingerprint density at radius 1 is 1.12 bits per heavy atom. The van der Waals surface area contributed by atoms with E-state index in [2.05, 4.69) is 5.32 Å². The summed E-state index contributed by atoms with van der Waals surface area (Å²) in [6.45, 7) is 1.54. The quantitative estimate of drug-likeness (QED) is 0.894. The average molecular weight is 339 g/mol. The maximum absolute atomic E-state index is 12.5. The van der Waals surface area contributed by atoms with Crippen molar-refractivity contribution in [2.24, 2.45) is 0 Å². The zero-order valence-corrected chi connectivity index (χ0v) is 13.8. The fourth-order valence-corrected chi connectivity index (χ4v) is 2.58. The molecule has 0 fully saturated rings. The molecule has 0 aliphatic carbocycles. The fourth-order valence-electron chi connectivity index (χ4n) is 2.58. The highest BCUT2D eigenvalue weighted by Gasteiger charge is 2.48. The van der Waals surface area contributed by atoms with Crippen LogP contribution in [0.5, 0.6) is 5.75 Å². The van der Waals surface area contributed by atoms with Crippen LogP contribution in [0.2, 0.25) is 0 Å². The Morgan fingerprint density at radius 3 is 2.36 bits per heavy atom. The third-order valence-corrected chi connectivity index (χ3v) is 4.07. The van der Waals surface area contributed by atoms with Crippen molar-refractivity contribution < 1.29 is 24.2 Å². The monoisotopic (exact) mass is 339 g/mol. The number of amides is 1. The molecule has 1 unspecified atom stereocenters. The SMILES string of the molecule is COc1ccc(C2(C)OC(NC(=O)c3ccccc3)=C(O)C2=O)cc1. The molecule has 1 aliphatic rings. The van der Waals surface area contributed by atoms with Crippen LogP contribution in [0.25, 0.3) is 0 Å². The van der Waals surface area contributed by atoms with Gasteiger partial charge in [-0.2, -0.15) is 0 Å². The van der Waals surface area contributed by atoms with Crippen molar-refractivity contribution in [1.82, 2.24) is 5.32 Å². The van der Waals surface area contributed by atoms with Gasteiger partial charge in [0, 0.05) is 11.1 Å². The highest BCUT2D eigenvalue weighted by molar-refractivity contribution is 6.04. The molecular formula is C19H17NO5. The van der Waals surface area contributed by atoms with Crippen LogP contribution in [0.3, 0.4) is 0 Å². The van der Waals surface area contributed by atoms with Gasteiger partial charge >= 0.3 is 0 Å². The van der Waals surface area contributed by atoms with E-state index in [1.165, 1.54) is 6.92 Å². The molecule has 25 heavy (non-hydrogen) atoms. The predicted molar refractivity (Wildman–Crippen MR) is 90.0 cm³/mol. The first-order valence-corrected chi connectivity index (χ1v) is 7.63. The summed E-state index contributed by atoms with van der Waals surface area (Å²) in [5, 5.41) is 12.6.